The molecule has 1 atom stereocenters. The van der Waals surface area contributed by atoms with E-state index in [0.29, 0.717) is 5.76 Å². The summed E-state index contributed by atoms with van der Waals surface area (Å²) >= 11 is 0. The van der Waals surface area contributed by atoms with Gasteiger partial charge in [0.25, 0.3) is 0 Å². The fourth-order valence-electron chi connectivity index (χ4n) is 1.95. The Bertz CT molecular complexity index is 642. The molecule has 0 aliphatic rings. The second-order valence-electron chi connectivity index (χ2n) is 4.40. The lowest BCUT2D eigenvalue weighted by Gasteiger charge is -2.10. The standard InChI is InChI=1S/C17H14O3/c18-17(16-7-4-12-19-16)13-8-10-15(11-9-13)20-14-5-2-1-3-6-14/h1-12,17-18H/t17-/m0/s1. The SMILES string of the molecule is O[C@@H](c1ccc(Oc2ccccc2)cc1)c1ccco1. The third kappa shape index (κ3) is 2.73. The first-order valence-corrected chi connectivity index (χ1v) is 6.37. The first kappa shape index (κ1) is 12.5. The highest BCUT2D eigenvalue weighted by molar-refractivity contribution is 5.35. The Labute approximate surface area is 117 Å². The zero-order valence-corrected chi connectivity index (χ0v) is 10.8. The fourth-order valence-corrected chi connectivity index (χ4v) is 1.95. The lowest BCUT2D eigenvalue weighted by atomic mass is 10.1. The number of benzene rings is 2. The molecular formula is C17H14O3. The van der Waals surface area contributed by atoms with Gasteiger partial charge in [-0.1, -0.05) is 30.3 Å². The second kappa shape index (κ2) is 5.63. The van der Waals surface area contributed by atoms with Gasteiger partial charge in [0.1, 0.15) is 23.4 Å². The zero-order chi connectivity index (χ0) is 13.8. The molecule has 0 radical (unpaired) electrons. The largest absolute Gasteiger partial charge is 0.466 e. The van der Waals surface area contributed by atoms with E-state index in [2.05, 4.69) is 0 Å². The molecule has 3 rings (SSSR count). The van der Waals surface area contributed by atoms with Crippen LogP contribution in [0.5, 0.6) is 11.5 Å². The molecule has 20 heavy (non-hydrogen) atoms. The van der Waals surface area contributed by atoms with Crippen LogP contribution in [0.1, 0.15) is 17.4 Å². The molecule has 1 N–H and O–H groups in total. The van der Waals surface area contributed by atoms with Crippen molar-refractivity contribution in [2.45, 2.75) is 6.10 Å². The molecule has 0 fully saturated rings. The minimum absolute atomic E-state index is 0.529. The number of hydrogen-bond acceptors (Lipinski definition) is 3. The van der Waals surface area contributed by atoms with Crippen molar-refractivity contribution in [1.29, 1.82) is 0 Å². The van der Waals surface area contributed by atoms with E-state index >= 15 is 0 Å². The highest BCUT2D eigenvalue weighted by Crippen LogP contribution is 2.26. The number of aliphatic hydroxyl groups excluding tert-OH is 1. The second-order valence-corrected chi connectivity index (χ2v) is 4.40. The van der Waals surface area contributed by atoms with E-state index in [1.54, 1.807) is 18.4 Å². The first-order chi connectivity index (χ1) is 9.83. The van der Waals surface area contributed by atoms with E-state index in [0.717, 1.165) is 17.1 Å². The van der Waals surface area contributed by atoms with Crippen molar-refractivity contribution in [2.24, 2.45) is 0 Å². The Morgan fingerprint density at radius 1 is 0.800 bits per heavy atom. The molecule has 0 bridgehead atoms. The summed E-state index contributed by atoms with van der Waals surface area (Å²) in [6.07, 6.45) is 0.793. The van der Waals surface area contributed by atoms with Gasteiger partial charge in [-0.3, -0.25) is 0 Å². The summed E-state index contributed by atoms with van der Waals surface area (Å²) in [6.45, 7) is 0. The highest BCUT2D eigenvalue weighted by atomic mass is 16.5. The minimum Gasteiger partial charge on any atom is -0.466 e. The lowest BCUT2D eigenvalue weighted by molar-refractivity contribution is 0.189. The van der Waals surface area contributed by atoms with Crippen molar-refractivity contribution in [3.8, 4) is 11.5 Å². The number of para-hydroxylation sites is 1. The lowest BCUT2D eigenvalue weighted by Crippen LogP contribution is -1.97. The van der Waals surface area contributed by atoms with Crippen LogP contribution in [-0.4, -0.2) is 5.11 Å². The average Bonchev–Trinajstić information content (AvgIpc) is 3.03. The van der Waals surface area contributed by atoms with Crippen LogP contribution in [0.4, 0.5) is 0 Å². The monoisotopic (exact) mass is 266 g/mol. The Hall–Kier alpha value is -2.52. The Morgan fingerprint density at radius 2 is 1.50 bits per heavy atom. The van der Waals surface area contributed by atoms with E-state index in [1.165, 1.54) is 0 Å². The summed E-state index contributed by atoms with van der Waals surface area (Å²) in [7, 11) is 0. The van der Waals surface area contributed by atoms with Gasteiger partial charge in [0.15, 0.2) is 0 Å². The molecule has 3 aromatic rings. The summed E-state index contributed by atoms with van der Waals surface area (Å²) in [5.74, 6) is 2.04. The zero-order valence-electron chi connectivity index (χ0n) is 10.8. The minimum atomic E-state index is -0.754. The van der Waals surface area contributed by atoms with Crippen molar-refractivity contribution < 1.29 is 14.3 Å². The molecule has 0 spiro atoms. The molecule has 3 heteroatoms. The van der Waals surface area contributed by atoms with Gasteiger partial charge < -0.3 is 14.3 Å². The van der Waals surface area contributed by atoms with Crippen molar-refractivity contribution >= 4 is 0 Å². The quantitative estimate of drug-likeness (QED) is 0.771. The van der Waals surface area contributed by atoms with Crippen LogP contribution in [0.3, 0.4) is 0 Å². The summed E-state index contributed by atoms with van der Waals surface area (Å²) in [6, 6.07) is 20.4. The molecule has 0 aliphatic heterocycles. The Kier molecular flexibility index (Phi) is 3.52. The van der Waals surface area contributed by atoms with Gasteiger partial charge >= 0.3 is 0 Å². The third-order valence-electron chi connectivity index (χ3n) is 2.99. The van der Waals surface area contributed by atoms with Gasteiger partial charge in [-0.05, 0) is 42.0 Å². The fraction of sp³-hybridized carbons (Fsp3) is 0.0588. The van der Waals surface area contributed by atoms with Crippen molar-refractivity contribution in [1.82, 2.24) is 0 Å². The average molecular weight is 266 g/mol. The van der Waals surface area contributed by atoms with Gasteiger partial charge in [-0.15, -0.1) is 0 Å². The molecule has 0 unspecified atom stereocenters. The van der Waals surface area contributed by atoms with Crippen molar-refractivity contribution in [3.63, 3.8) is 0 Å². The van der Waals surface area contributed by atoms with E-state index in [9.17, 15) is 5.11 Å². The number of ether oxygens (including phenoxy) is 1. The number of rotatable bonds is 4. The maximum atomic E-state index is 10.1. The molecule has 0 saturated carbocycles. The molecule has 1 aromatic heterocycles. The Balaban J connectivity index is 1.75. The van der Waals surface area contributed by atoms with Gasteiger partial charge in [-0.25, -0.2) is 0 Å². The van der Waals surface area contributed by atoms with Crippen LogP contribution in [0.25, 0.3) is 0 Å². The highest BCUT2D eigenvalue weighted by Gasteiger charge is 2.12. The molecular weight excluding hydrogens is 252 g/mol. The van der Waals surface area contributed by atoms with E-state index < -0.39 is 6.10 Å². The van der Waals surface area contributed by atoms with Crippen LogP contribution in [-0.2, 0) is 0 Å². The summed E-state index contributed by atoms with van der Waals surface area (Å²) < 4.78 is 10.9. The van der Waals surface area contributed by atoms with Gasteiger partial charge in [0, 0.05) is 0 Å². The van der Waals surface area contributed by atoms with E-state index in [1.807, 2.05) is 54.6 Å². The van der Waals surface area contributed by atoms with Crippen LogP contribution in [0.2, 0.25) is 0 Å². The molecule has 1 heterocycles. The van der Waals surface area contributed by atoms with Crippen LogP contribution in [0.15, 0.2) is 77.4 Å². The maximum absolute atomic E-state index is 10.1. The molecule has 0 saturated heterocycles. The molecule has 0 aliphatic carbocycles. The van der Waals surface area contributed by atoms with Crippen molar-refractivity contribution in [3.05, 3.63) is 84.3 Å². The van der Waals surface area contributed by atoms with E-state index in [4.69, 9.17) is 9.15 Å². The predicted octanol–water partition coefficient (Wildman–Crippen LogP) is 4.15. The number of aliphatic hydroxyl groups is 1. The molecule has 100 valence electrons. The van der Waals surface area contributed by atoms with Crippen molar-refractivity contribution in [2.75, 3.05) is 0 Å². The summed E-state index contributed by atoms with van der Waals surface area (Å²) in [4.78, 5) is 0. The normalized spacial score (nSPS) is 12.1. The van der Waals surface area contributed by atoms with Crippen LogP contribution in [0, 0.1) is 0 Å². The van der Waals surface area contributed by atoms with Gasteiger partial charge in [-0.2, -0.15) is 0 Å². The summed E-state index contributed by atoms with van der Waals surface area (Å²) in [5.41, 5.74) is 0.764. The third-order valence-corrected chi connectivity index (χ3v) is 2.99. The number of furan rings is 1. The molecule has 3 nitrogen and oxygen atoms in total. The molecule has 2 aromatic carbocycles. The molecule has 0 amide bonds. The smallest absolute Gasteiger partial charge is 0.137 e. The van der Waals surface area contributed by atoms with Gasteiger partial charge in [0.2, 0.25) is 0 Å². The summed E-state index contributed by atoms with van der Waals surface area (Å²) in [5, 5.41) is 10.1. The maximum Gasteiger partial charge on any atom is 0.137 e. The number of hydrogen-bond donors (Lipinski definition) is 1. The Morgan fingerprint density at radius 3 is 2.15 bits per heavy atom. The van der Waals surface area contributed by atoms with E-state index in [-0.39, 0.29) is 0 Å². The van der Waals surface area contributed by atoms with Gasteiger partial charge in [0.05, 0.1) is 6.26 Å². The topological polar surface area (TPSA) is 42.6 Å². The van der Waals surface area contributed by atoms with Crippen LogP contribution >= 0.6 is 0 Å². The predicted molar refractivity (Wildman–Crippen MR) is 75.7 cm³/mol. The first-order valence-electron chi connectivity index (χ1n) is 6.37. The van der Waals surface area contributed by atoms with Crippen LogP contribution < -0.4 is 4.74 Å².